The van der Waals surface area contributed by atoms with Gasteiger partial charge in [0, 0.05) is 26.7 Å². The lowest BCUT2D eigenvalue weighted by molar-refractivity contribution is 0.669. The number of hydrogen-bond acceptors (Lipinski definition) is 4. The molecule has 0 radical (unpaired) electrons. The van der Waals surface area contributed by atoms with Crippen molar-refractivity contribution >= 4 is 16.9 Å². The van der Waals surface area contributed by atoms with E-state index in [0.29, 0.717) is 11.0 Å². The molecule has 2 aromatic rings. The molecule has 6 nitrogen and oxygen atoms in total. The first kappa shape index (κ1) is 11.3. The zero-order chi connectivity index (χ0) is 12.7. The maximum Gasteiger partial charge on any atom is 0.266 e. The molecule has 0 N–H and O–H groups in total. The molecule has 3 rings (SSSR count). The van der Waals surface area contributed by atoms with Gasteiger partial charge in [0.05, 0.1) is 6.33 Å². The van der Waals surface area contributed by atoms with Gasteiger partial charge in [-0.2, -0.15) is 5.10 Å². The third-order valence-corrected chi connectivity index (χ3v) is 3.50. The summed E-state index contributed by atoms with van der Waals surface area (Å²) in [6.07, 6.45) is 3.90. The Balaban J connectivity index is 2.30. The van der Waals surface area contributed by atoms with Gasteiger partial charge in [0.15, 0.2) is 11.5 Å². The van der Waals surface area contributed by atoms with Crippen LogP contribution in [-0.2, 0) is 13.6 Å². The standard InChI is InChI=1S/C12H17N5O/c1-3-17-10-9(12(18)15(2)8-13-10)11(14-17)16-6-4-5-7-16/h8H,3-7H2,1-2H3. The quantitative estimate of drug-likeness (QED) is 0.786. The Morgan fingerprint density at radius 2 is 2.06 bits per heavy atom. The molecular formula is C12H17N5O. The Bertz CT molecular complexity index is 636. The van der Waals surface area contributed by atoms with Crippen LogP contribution >= 0.6 is 0 Å². The van der Waals surface area contributed by atoms with Gasteiger partial charge in [-0.3, -0.25) is 4.79 Å². The van der Waals surface area contributed by atoms with Crippen molar-refractivity contribution in [2.75, 3.05) is 18.0 Å². The Labute approximate surface area is 105 Å². The summed E-state index contributed by atoms with van der Waals surface area (Å²) in [5.41, 5.74) is 0.684. The van der Waals surface area contributed by atoms with Crippen LogP contribution < -0.4 is 10.5 Å². The second-order valence-corrected chi connectivity index (χ2v) is 4.69. The number of aryl methyl sites for hydroxylation is 2. The van der Waals surface area contributed by atoms with Crippen molar-refractivity contribution < 1.29 is 0 Å². The Morgan fingerprint density at radius 3 is 2.72 bits per heavy atom. The number of hydrogen-bond donors (Lipinski definition) is 0. The average Bonchev–Trinajstić information content (AvgIpc) is 3.00. The van der Waals surface area contributed by atoms with Gasteiger partial charge in [-0.15, -0.1) is 0 Å². The molecule has 1 aliphatic rings. The maximum absolute atomic E-state index is 12.3. The van der Waals surface area contributed by atoms with Crippen LogP contribution in [0.3, 0.4) is 0 Å². The zero-order valence-electron chi connectivity index (χ0n) is 10.8. The van der Waals surface area contributed by atoms with Gasteiger partial charge in [0.2, 0.25) is 0 Å². The fourth-order valence-electron chi connectivity index (χ4n) is 2.50. The molecule has 0 atom stereocenters. The minimum atomic E-state index is -0.0124. The molecule has 0 amide bonds. The van der Waals surface area contributed by atoms with E-state index in [9.17, 15) is 4.79 Å². The van der Waals surface area contributed by atoms with E-state index < -0.39 is 0 Å². The normalized spacial score (nSPS) is 15.8. The molecular weight excluding hydrogens is 230 g/mol. The molecule has 2 aromatic heterocycles. The largest absolute Gasteiger partial charge is 0.354 e. The van der Waals surface area contributed by atoms with Crippen LogP contribution in [0, 0.1) is 0 Å². The highest BCUT2D eigenvalue weighted by molar-refractivity contribution is 5.87. The first-order valence-electron chi connectivity index (χ1n) is 6.39. The molecule has 0 unspecified atom stereocenters. The van der Waals surface area contributed by atoms with Crippen molar-refractivity contribution in [3.05, 3.63) is 16.7 Å². The summed E-state index contributed by atoms with van der Waals surface area (Å²) in [4.78, 5) is 18.8. The van der Waals surface area contributed by atoms with Crippen molar-refractivity contribution in [1.82, 2.24) is 19.3 Å². The van der Waals surface area contributed by atoms with Crippen LogP contribution in [0.1, 0.15) is 19.8 Å². The summed E-state index contributed by atoms with van der Waals surface area (Å²) in [5.74, 6) is 0.804. The summed E-state index contributed by atoms with van der Waals surface area (Å²) < 4.78 is 3.33. The van der Waals surface area contributed by atoms with E-state index in [1.807, 2.05) is 11.6 Å². The molecule has 1 saturated heterocycles. The highest BCUT2D eigenvalue weighted by Crippen LogP contribution is 2.24. The highest BCUT2D eigenvalue weighted by Gasteiger charge is 2.22. The van der Waals surface area contributed by atoms with Gasteiger partial charge in [-0.05, 0) is 19.8 Å². The van der Waals surface area contributed by atoms with Crippen LogP contribution in [0.5, 0.6) is 0 Å². The summed E-state index contributed by atoms with van der Waals surface area (Å²) in [7, 11) is 1.73. The molecule has 1 aliphatic heterocycles. The molecule has 0 spiro atoms. The Kier molecular flexibility index (Phi) is 2.57. The third kappa shape index (κ3) is 1.52. The molecule has 96 valence electrons. The molecule has 0 saturated carbocycles. The number of nitrogens with zero attached hydrogens (tertiary/aromatic N) is 5. The van der Waals surface area contributed by atoms with Crippen LogP contribution in [0.4, 0.5) is 5.82 Å². The first-order chi connectivity index (χ1) is 8.72. The fraction of sp³-hybridized carbons (Fsp3) is 0.583. The van der Waals surface area contributed by atoms with Crippen molar-refractivity contribution in [2.45, 2.75) is 26.3 Å². The van der Waals surface area contributed by atoms with Crippen LogP contribution in [0.15, 0.2) is 11.1 Å². The predicted molar refractivity (Wildman–Crippen MR) is 69.9 cm³/mol. The molecule has 0 aromatic carbocycles. The second-order valence-electron chi connectivity index (χ2n) is 4.69. The minimum absolute atomic E-state index is 0.0124. The van der Waals surface area contributed by atoms with E-state index in [4.69, 9.17) is 0 Å². The number of anilines is 1. The SMILES string of the molecule is CCn1nc(N2CCCC2)c2c(=O)n(C)cnc21. The molecule has 3 heterocycles. The van der Waals surface area contributed by atoms with Crippen LogP contribution in [0.25, 0.3) is 11.0 Å². The number of aromatic nitrogens is 4. The van der Waals surface area contributed by atoms with Crippen molar-refractivity contribution in [1.29, 1.82) is 0 Å². The van der Waals surface area contributed by atoms with E-state index in [1.165, 1.54) is 17.4 Å². The van der Waals surface area contributed by atoms with E-state index >= 15 is 0 Å². The molecule has 0 aliphatic carbocycles. The smallest absolute Gasteiger partial charge is 0.266 e. The van der Waals surface area contributed by atoms with Gasteiger partial charge in [-0.1, -0.05) is 0 Å². The molecule has 6 heteroatoms. The zero-order valence-corrected chi connectivity index (χ0v) is 10.8. The van der Waals surface area contributed by atoms with Gasteiger partial charge < -0.3 is 9.47 Å². The highest BCUT2D eigenvalue weighted by atomic mass is 16.1. The summed E-state index contributed by atoms with van der Waals surface area (Å²) >= 11 is 0. The Hall–Kier alpha value is -1.85. The summed E-state index contributed by atoms with van der Waals surface area (Å²) in [5, 5.41) is 5.21. The van der Waals surface area contributed by atoms with Crippen LogP contribution in [0.2, 0.25) is 0 Å². The lowest BCUT2D eigenvalue weighted by Crippen LogP contribution is -2.22. The van der Waals surface area contributed by atoms with E-state index in [2.05, 4.69) is 15.0 Å². The lowest BCUT2D eigenvalue weighted by atomic mass is 10.3. The number of fused-ring (bicyclic) bond motifs is 1. The van der Waals surface area contributed by atoms with Crippen molar-refractivity contribution in [2.24, 2.45) is 7.05 Å². The molecule has 18 heavy (non-hydrogen) atoms. The second kappa shape index (κ2) is 4.12. The maximum atomic E-state index is 12.3. The fourth-order valence-corrected chi connectivity index (χ4v) is 2.50. The van der Waals surface area contributed by atoms with E-state index in [1.54, 1.807) is 13.4 Å². The van der Waals surface area contributed by atoms with Gasteiger partial charge in [-0.25, -0.2) is 9.67 Å². The average molecular weight is 247 g/mol. The summed E-state index contributed by atoms with van der Waals surface area (Å²) in [6.45, 7) is 4.70. The monoisotopic (exact) mass is 247 g/mol. The van der Waals surface area contributed by atoms with Crippen LogP contribution in [-0.4, -0.2) is 32.4 Å². The molecule has 1 fully saturated rings. The predicted octanol–water partition coefficient (Wildman–Crippen LogP) is 0.750. The van der Waals surface area contributed by atoms with Gasteiger partial charge in [0.1, 0.15) is 5.39 Å². The minimum Gasteiger partial charge on any atom is -0.354 e. The number of rotatable bonds is 2. The topological polar surface area (TPSA) is 56.0 Å². The lowest BCUT2D eigenvalue weighted by Gasteiger charge is -2.13. The van der Waals surface area contributed by atoms with Crippen molar-refractivity contribution in [3.8, 4) is 0 Å². The van der Waals surface area contributed by atoms with E-state index in [-0.39, 0.29) is 5.56 Å². The third-order valence-electron chi connectivity index (χ3n) is 3.50. The Morgan fingerprint density at radius 1 is 1.33 bits per heavy atom. The molecule has 0 bridgehead atoms. The van der Waals surface area contributed by atoms with Crippen molar-refractivity contribution in [3.63, 3.8) is 0 Å². The van der Waals surface area contributed by atoms with Gasteiger partial charge in [0.25, 0.3) is 5.56 Å². The summed E-state index contributed by atoms with van der Waals surface area (Å²) in [6, 6.07) is 0. The van der Waals surface area contributed by atoms with E-state index in [0.717, 1.165) is 25.5 Å². The van der Waals surface area contributed by atoms with Gasteiger partial charge >= 0.3 is 0 Å². The first-order valence-corrected chi connectivity index (χ1v) is 6.39.